The number of carbonyl (C=O) groups excluding carboxylic acids is 2. The molecule has 3 rings (SSSR count). The van der Waals surface area contributed by atoms with Crippen molar-refractivity contribution < 1.29 is 14.3 Å². The van der Waals surface area contributed by atoms with Gasteiger partial charge < -0.3 is 14.5 Å². The molecule has 1 aromatic rings. The molecule has 8 heteroatoms. The molecule has 1 aliphatic carbocycles. The van der Waals surface area contributed by atoms with Crippen LogP contribution < -0.4 is 5.32 Å². The van der Waals surface area contributed by atoms with Crippen molar-refractivity contribution in [1.82, 2.24) is 19.6 Å². The van der Waals surface area contributed by atoms with Gasteiger partial charge in [-0.15, -0.1) is 0 Å². The summed E-state index contributed by atoms with van der Waals surface area (Å²) in [6.45, 7) is 8.21. The van der Waals surface area contributed by atoms with Crippen molar-refractivity contribution in [2.75, 3.05) is 38.1 Å². The van der Waals surface area contributed by atoms with E-state index < -0.39 is 0 Å². The Morgan fingerprint density at radius 1 is 1.28 bits per heavy atom. The molecule has 2 heterocycles. The molecule has 1 aromatic heterocycles. The molecule has 1 saturated carbocycles. The quantitative estimate of drug-likeness (QED) is 0.905. The first-order valence-corrected chi connectivity index (χ1v) is 9.03. The molecule has 0 spiro atoms. The van der Waals surface area contributed by atoms with Crippen LogP contribution >= 0.6 is 0 Å². The molecule has 0 radical (unpaired) electrons. The smallest absolute Gasteiger partial charge is 0.409 e. The SMILES string of the molecule is CCOC(=O)N1CCN(C(=O)Nc2cc(C)nn2[C@H](C)C2CC2)CC1. The van der Waals surface area contributed by atoms with E-state index >= 15 is 0 Å². The minimum atomic E-state index is -0.311. The minimum Gasteiger partial charge on any atom is -0.450 e. The Bertz CT molecular complexity index is 632. The van der Waals surface area contributed by atoms with Crippen LogP contribution in [-0.4, -0.2) is 64.5 Å². The van der Waals surface area contributed by atoms with E-state index in [1.54, 1.807) is 16.7 Å². The molecule has 2 aliphatic rings. The molecule has 1 atom stereocenters. The van der Waals surface area contributed by atoms with Crippen molar-refractivity contribution in [2.24, 2.45) is 5.92 Å². The summed E-state index contributed by atoms with van der Waals surface area (Å²) in [5, 5.41) is 7.53. The molecule has 0 unspecified atom stereocenters. The zero-order valence-electron chi connectivity index (χ0n) is 15.2. The normalized spacial score (nSPS) is 18.8. The lowest BCUT2D eigenvalue weighted by atomic mass is 10.2. The fourth-order valence-corrected chi connectivity index (χ4v) is 3.19. The Kier molecular flexibility index (Phi) is 5.15. The Morgan fingerprint density at radius 2 is 1.92 bits per heavy atom. The molecule has 8 nitrogen and oxygen atoms in total. The van der Waals surface area contributed by atoms with Crippen LogP contribution in [0.3, 0.4) is 0 Å². The van der Waals surface area contributed by atoms with Crippen molar-refractivity contribution in [3.05, 3.63) is 11.8 Å². The van der Waals surface area contributed by atoms with Crippen LogP contribution in [0.1, 0.15) is 38.4 Å². The maximum absolute atomic E-state index is 12.6. The van der Waals surface area contributed by atoms with E-state index in [0.717, 1.165) is 11.5 Å². The fraction of sp³-hybridized carbons (Fsp3) is 0.706. The van der Waals surface area contributed by atoms with Gasteiger partial charge in [0.2, 0.25) is 0 Å². The van der Waals surface area contributed by atoms with Crippen molar-refractivity contribution in [2.45, 2.75) is 39.7 Å². The summed E-state index contributed by atoms with van der Waals surface area (Å²) in [5.74, 6) is 1.40. The van der Waals surface area contributed by atoms with E-state index in [-0.39, 0.29) is 12.1 Å². The van der Waals surface area contributed by atoms with Crippen LogP contribution in [0.5, 0.6) is 0 Å². The lowest BCUT2D eigenvalue weighted by Crippen LogP contribution is -2.51. The van der Waals surface area contributed by atoms with Gasteiger partial charge in [-0.3, -0.25) is 5.32 Å². The summed E-state index contributed by atoms with van der Waals surface area (Å²) < 4.78 is 6.93. The number of nitrogens with one attached hydrogen (secondary N) is 1. The number of hydrogen-bond acceptors (Lipinski definition) is 4. The standard InChI is InChI=1S/C17H27N5O3/c1-4-25-17(24)21-9-7-20(8-10-21)16(23)18-15-11-12(2)19-22(15)13(3)14-5-6-14/h11,13-14H,4-10H2,1-3H3,(H,18,23)/t13-/m1/s1. The van der Waals surface area contributed by atoms with Gasteiger partial charge >= 0.3 is 12.1 Å². The highest BCUT2D eigenvalue weighted by molar-refractivity contribution is 5.88. The topological polar surface area (TPSA) is 79.7 Å². The van der Waals surface area contributed by atoms with Crippen molar-refractivity contribution in [3.8, 4) is 0 Å². The summed E-state index contributed by atoms with van der Waals surface area (Å²) in [6.07, 6.45) is 2.14. The van der Waals surface area contributed by atoms with Gasteiger partial charge in [0.05, 0.1) is 18.3 Å². The highest BCUT2D eigenvalue weighted by Crippen LogP contribution is 2.40. The second-order valence-corrected chi connectivity index (χ2v) is 6.80. The molecule has 138 valence electrons. The van der Waals surface area contributed by atoms with Crippen LogP contribution in [-0.2, 0) is 4.74 Å². The van der Waals surface area contributed by atoms with Crippen molar-refractivity contribution in [3.63, 3.8) is 0 Å². The van der Waals surface area contributed by atoms with E-state index in [2.05, 4.69) is 17.3 Å². The Morgan fingerprint density at radius 3 is 2.52 bits per heavy atom. The van der Waals surface area contributed by atoms with Gasteiger partial charge in [0.15, 0.2) is 0 Å². The number of rotatable bonds is 4. The number of aromatic nitrogens is 2. The molecular formula is C17H27N5O3. The van der Waals surface area contributed by atoms with Crippen molar-refractivity contribution >= 4 is 17.9 Å². The van der Waals surface area contributed by atoms with Crippen LogP contribution in [0.4, 0.5) is 15.4 Å². The van der Waals surface area contributed by atoms with Crippen LogP contribution in [0.2, 0.25) is 0 Å². The lowest BCUT2D eigenvalue weighted by Gasteiger charge is -2.34. The van der Waals surface area contributed by atoms with Gasteiger partial charge in [-0.25, -0.2) is 14.3 Å². The van der Waals surface area contributed by atoms with E-state index in [1.807, 2.05) is 17.7 Å². The van der Waals surface area contributed by atoms with E-state index in [0.29, 0.717) is 44.7 Å². The Hall–Kier alpha value is -2.25. The monoisotopic (exact) mass is 349 g/mol. The van der Waals surface area contributed by atoms with Crippen LogP contribution in [0.15, 0.2) is 6.07 Å². The summed E-state index contributed by atoms with van der Waals surface area (Å²) in [5.41, 5.74) is 0.898. The number of anilines is 1. The number of piperazine rings is 1. The predicted molar refractivity (Wildman–Crippen MR) is 93.6 cm³/mol. The third-order valence-electron chi connectivity index (χ3n) is 4.88. The molecule has 1 aliphatic heterocycles. The van der Waals surface area contributed by atoms with E-state index in [4.69, 9.17) is 4.74 Å². The van der Waals surface area contributed by atoms with Gasteiger partial charge in [0.25, 0.3) is 0 Å². The summed E-state index contributed by atoms with van der Waals surface area (Å²) in [4.78, 5) is 27.7. The van der Waals surface area contributed by atoms with Gasteiger partial charge in [0.1, 0.15) is 5.82 Å². The van der Waals surface area contributed by atoms with Crippen LogP contribution in [0, 0.1) is 12.8 Å². The second kappa shape index (κ2) is 7.33. The first-order chi connectivity index (χ1) is 12.0. The Balaban J connectivity index is 1.57. The molecule has 3 amide bonds. The highest BCUT2D eigenvalue weighted by atomic mass is 16.6. The van der Waals surface area contributed by atoms with E-state index in [1.165, 1.54) is 12.8 Å². The summed E-state index contributed by atoms with van der Waals surface area (Å²) in [7, 11) is 0. The maximum atomic E-state index is 12.6. The van der Waals surface area contributed by atoms with Gasteiger partial charge in [-0.2, -0.15) is 5.10 Å². The number of amides is 3. The highest BCUT2D eigenvalue weighted by Gasteiger charge is 2.32. The number of carbonyl (C=O) groups is 2. The molecule has 1 N–H and O–H groups in total. The molecule has 0 aromatic carbocycles. The van der Waals surface area contributed by atoms with Crippen molar-refractivity contribution in [1.29, 1.82) is 0 Å². The van der Waals surface area contributed by atoms with Gasteiger partial charge in [-0.05, 0) is 39.5 Å². The van der Waals surface area contributed by atoms with Gasteiger partial charge in [-0.1, -0.05) is 0 Å². The average Bonchev–Trinajstić information content (AvgIpc) is 3.38. The number of nitrogens with zero attached hydrogens (tertiary/aromatic N) is 4. The molecule has 2 fully saturated rings. The second-order valence-electron chi connectivity index (χ2n) is 6.80. The van der Waals surface area contributed by atoms with Gasteiger partial charge in [0, 0.05) is 32.2 Å². The molecule has 1 saturated heterocycles. The van der Waals surface area contributed by atoms with Crippen LogP contribution in [0.25, 0.3) is 0 Å². The minimum absolute atomic E-state index is 0.146. The largest absolute Gasteiger partial charge is 0.450 e. The average molecular weight is 349 g/mol. The number of urea groups is 1. The zero-order valence-corrected chi connectivity index (χ0v) is 15.2. The third-order valence-corrected chi connectivity index (χ3v) is 4.88. The summed E-state index contributed by atoms with van der Waals surface area (Å²) >= 11 is 0. The molecule has 0 bridgehead atoms. The maximum Gasteiger partial charge on any atom is 0.409 e. The Labute approximate surface area is 148 Å². The molecule has 25 heavy (non-hydrogen) atoms. The lowest BCUT2D eigenvalue weighted by molar-refractivity contribution is 0.0868. The third kappa shape index (κ3) is 4.05. The first-order valence-electron chi connectivity index (χ1n) is 9.03. The molecular weight excluding hydrogens is 322 g/mol. The number of aryl methyl sites for hydroxylation is 1. The predicted octanol–water partition coefficient (Wildman–Crippen LogP) is 2.47. The summed E-state index contributed by atoms with van der Waals surface area (Å²) in [6, 6.07) is 2.06. The number of ether oxygens (including phenoxy) is 1. The van der Waals surface area contributed by atoms with E-state index in [9.17, 15) is 9.59 Å². The first kappa shape index (κ1) is 17.6. The fourth-order valence-electron chi connectivity index (χ4n) is 3.19. The zero-order chi connectivity index (χ0) is 18.0. The number of hydrogen-bond donors (Lipinski definition) is 1.